The van der Waals surface area contributed by atoms with E-state index in [1.165, 1.54) is 11.1 Å². The van der Waals surface area contributed by atoms with Crippen LogP contribution in [0.5, 0.6) is 0 Å². The zero-order chi connectivity index (χ0) is 15.8. The van der Waals surface area contributed by atoms with E-state index in [-0.39, 0.29) is 11.9 Å². The van der Waals surface area contributed by atoms with E-state index in [1.54, 1.807) is 19.1 Å². The van der Waals surface area contributed by atoms with Gasteiger partial charge in [0.15, 0.2) is 0 Å². The SMILES string of the molecule is CC(=O)NC(CCCC#C/C=C/Cl)CCCC#C/C=C/Cl. The number of rotatable bonds is 7. The van der Waals surface area contributed by atoms with Crippen molar-refractivity contribution in [1.82, 2.24) is 5.32 Å². The molecule has 0 aromatic rings. The molecule has 0 aromatic carbocycles. The normalized spacial score (nSPS) is 10.3. The van der Waals surface area contributed by atoms with Crippen LogP contribution in [0.15, 0.2) is 23.2 Å². The number of hydrogen-bond acceptors (Lipinski definition) is 1. The Balaban J connectivity index is 4.01. The molecule has 0 heterocycles. The van der Waals surface area contributed by atoms with Gasteiger partial charge in [-0.05, 0) is 37.8 Å². The minimum absolute atomic E-state index is 0.00677. The number of nitrogens with one attached hydrogen (secondary N) is 1. The average Bonchev–Trinajstić information content (AvgIpc) is 2.45. The van der Waals surface area contributed by atoms with Gasteiger partial charge in [-0.3, -0.25) is 4.79 Å². The van der Waals surface area contributed by atoms with Crippen LogP contribution in [0.1, 0.15) is 45.4 Å². The van der Waals surface area contributed by atoms with Crippen molar-refractivity contribution in [1.29, 1.82) is 0 Å². The van der Waals surface area contributed by atoms with E-state index < -0.39 is 0 Å². The van der Waals surface area contributed by atoms with Crippen molar-refractivity contribution in [3.05, 3.63) is 23.2 Å². The highest BCUT2D eigenvalue weighted by molar-refractivity contribution is 6.25. The minimum atomic E-state index is 0.00677. The van der Waals surface area contributed by atoms with Gasteiger partial charge >= 0.3 is 0 Å². The summed E-state index contributed by atoms with van der Waals surface area (Å²) in [6.45, 7) is 1.54. The number of hydrogen-bond donors (Lipinski definition) is 1. The second-order valence-corrected chi connectivity index (χ2v) is 4.91. The van der Waals surface area contributed by atoms with Gasteiger partial charge in [-0.2, -0.15) is 0 Å². The van der Waals surface area contributed by atoms with Gasteiger partial charge in [0, 0.05) is 36.9 Å². The third-order valence-corrected chi connectivity index (χ3v) is 2.86. The standard InChI is InChI=1S/C17H21Cl2NO/c1-16(21)20-17(12-8-4-2-6-10-14-18)13-9-5-3-7-11-15-19/h10-11,14-15,17H,4-5,8-9,12-13H2,1H3,(H,20,21)/b14-10+,15-11+. The van der Waals surface area contributed by atoms with E-state index in [0.717, 1.165) is 38.5 Å². The Morgan fingerprint density at radius 3 is 1.90 bits per heavy atom. The lowest BCUT2D eigenvalue weighted by atomic mass is 10.0. The van der Waals surface area contributed by atoms with Gasteiger partial charge < -0.3 is 5.32 Å². The van der Waals surface area contributed by atoms with Crippen LogP contribution in [0.25, 0.3) is 0 Å². The smallest absolute Gasteiger partial charge is 0.217 e. The Kier molecular flexibility index (Phi) is 14.1. The van der Waals surface area contributed by atoms with E-state index in [1.807, 2.05) is 0 Å². The second kappa shape index (κ2) is 15.0. The predicted molar refractivity (Wildman–Crippen MR) is 90.8 cm³/mol. The van der Waals surface area contributed by atoms with E-state index in [9.17, 15) is 4.79 Å². The summed E-state index contributed by atoms with van der Waals surface area (Å²) in [6.07, 6.45) is 8.59. The Morgan fingerprint density at radius 1 is 1.05 bits per heavy atom. The fourth-order valence-corrected chi connectivity index (χ4v) is 1.90. The van der Waals surface area contributed by atoms with Crippen molar-refractivity contribution in [2.45, 2.75) is 51.5 Å². The van der Waals surface area contributed by atoms with Crippen LogP contribution in [0, 0.1) is 23.7 Å². The first-order valence-corrected chi connectivity index (χ1v) is 7.82. The van der Waals surface area contributed by atoms with Crippen LogP contribution in [-0.2, 0) is 4.79 Å². The molecule has 21 heavy (non-hydrogen) atoms. The molecular formula is C17H21Cl2NO. The Hall–Kier alpha value is -1.35. The zero-order valence-corrected chi connectivity index (χ0v) is 13.8. The van der Waals surface area contributed by atoms with Gasteiger partial charge in [-0.15, -0.1) is 0 Å². The van der Waals surface area contributed by atoms with E-state index in [0.29, 0.717) is 0 Å². The summed E-state index contributed by atoms with van der Waals surface area (Å²) in [7, 11) is 0. The number of amides is 1. The number of allylic oxidation sites excluding steroid dienone is 2. The maximum absolute atomic E-state index is 11.2. The molecular weight excluding hydrogens is 305 g/mol. The Morgan fingerprint density at radius 2 is 1.52 bits per heavy atom. The van der Waals surface area contributed by atoms with Crippen LogP contribution in [-0.4, -0.2) is 11.9 Å². The van der Waals surface area contributed by atoms with Crippen LogP contribution in [0.4, 0.5) is 0 Å². The highest BCUT2D eigenvalue weighted by atomic mass is 35.5. The fraction of sp³-hybridized carbons (Fsp3) is 0.471. The molecule has 0 aliphatic rings. The highest BCUT2D eigenvalue weighted by Crippen LogP contribution is 2.08. The summed E-state index contributed by atoms with van der Waals surface area (Å²) in [5.41, 5.74) is 2.79. The largest absolute Gasteiger partial charge is 0.354 e. The predicted octanol–water partition coefficient (Wildman–Crippen LogP) is 4.34. The van der Waals surface area contributed by atoms with Crippen molar-refractivity contribution in [2.75, 3.05) is 0 Å². The van der Waals surface area contributed by atoms with E-state index in [2.05, 4.69) is 29.0 Å². The summed E-state index contributed by atoms with van der Waals surface area (Å²) < 4.78 is 0. The quantitative estimate of drug-likeness (QED) is 0.547. The monoisotopic (exact) mass is 325 g/mol. The molecule has 4 heteroatoms. The van der Waals surface area contributed by atoms with Crippen molar-refractivity contribution >= 4 is 29.1 Å². The number of carbonyl (C=O) groups is 1. The molecule has 2 nitrogen and oxygen atoms in total. The molecule has 1 N–H and O–H groups in total. The minimum Gasteiger partial charge on any atom is -0.354 e. The molecule has 0 bridgehead atoms. The summed E-state index contributed by atoms with van der Waals surface area (Å²) in [4.78, 5) is 11.2. The number of halogens is 2. The molecule has 0 fully saturated rings. The van der Waals surface area contributed by atoms with Gasteiger partial charge in [0.05, 0.1) is 0 Å². The molecule has 0 aromatic heterocycles. The van der Waals surface area contributed by atoms with E-state index in [4.69, 9.17) is 23.2 Å². The number of unbranched alkanes of at least 4 members (excludes halogenated alkanes) is 2. The summed E-state index contributed by atoms with van der Waals surface area (Å²) in [5, 5.41) is 2.98. The first-order valence-electron chi connectivity index (χ1n) is 6.95. The average molecular weight is 326 g/mol. The fourth-order valence-electron chi connectivity index (χ4n) is 1.78. The maximum Gasteiger partial charge on any atom is 0.217 e. The first-order chi connectivity index (χ1) is 10.2. The third-order valence-electron chi connectivity index (χ3n) is 2.61. The highest BCUT2D eigenvalue weighted by Gasteiger charge is 2.08. The molecule has 0 aliphatic heterocycles. The molecule has 1 amide bonds. The molecule has 0 unspecified atom stereocenters. The van der Waals surface area contributed by atoms with E-state index >= 15 is 0 Å². The lowest BCUT2D eigenvalue weighted by Gasteiger charge is -2.16. The Labute approximate surface area is 138 Å². The van der Waals surface area contributed by atoms with Gasteiger partial charge in [-0.1, -0.05) is 46.9 Å². The maximum atomic E-state index is 11.2. The zero-order valence-electron chi connectivity index (χ0n) is 12.3. The van der Waals surface area contributed by atoms with Crippen molar-refractivity contribution in [3.63, 3.8) is 0 Å². The summed E-state index contributed by atoms with van der Waals surface area (Å²) in [6, 6.07) is 0.193. The van der Waals surface area contributed by atoms with Gasteiger partial charge in [0.2, 0.25) is 5.91 Å². The molecule has 114 valence electrons. The van der Waals surface area contributed by atoms with Crippen LogP contribution >= 0.6 is 23.2 Å². The molecule has 0 atom stereocenters. The molecule has 0 radical (unpaired) electrons. The summed E-state index contributed by atoms with van der Waals surface area (Å²) in [5.74, 6) is 11.7. The molecule has 0 saturated carbocycles. The molecule has 0 spiro atoms. The van der Waals surface area contributed by atoms with Crippen molar-refractivity contribution in [2.24, 2.45) is 0 Å². The molecule has 0 aliphatic carbocycles. The lowest BCUT2D eigenvalue weighted by Crippen LogP contribution is -2.32. The van der Waals surface area contributed by atoms with Gasteiger partial charge in [0.1, 0.15) is 0 Å². The number of carbonyl (C=O) groups excluding carboxylic acids is 1. The van der Waals surface area contributed by atoms with Gasteiger partial charge in [0.25, 0.3) is 0 Å². The Bertz CT molecular complexity index is 425. The van der Waals surface area contributed by atoms with Crippen LogP contribution in [0.3, 0.4) is 0 Å². The second-order valence-electron chi connectivity index (χ2n) is 4.41. The molecule has 0 rings (SSSR count). The van der Waals surface area contributed by atoms with Crippen LogP contribution in [0.2, 0.25) is 0 Å². The topological polar surface area (TPSA) is 29.1 Å². The van der Waals surface area contributed by atoms with Crippen molar-refractivity contribution < 1.29 is 4.79 Å². The lowest BCUT2D eigenvalue weighted by molar-refractivity contribution is -0.119. The first kappa shape index (κ1) is 19.7. The van der Waals surface area contributed by atoms with Gasteiger partial charge in [-0.25, -0.2) is 0 Å². The molecule has 0 saturated heterocycles. The van der Waals surface area contributed by atoms with Crippen molar-refractivity contribution in [3.8, 4) is 23.7 Å². The summed E-state index contributed by atoms with van der Waals surface area (Å²) >= 11 is 10.7. The third kappa shape index (κ3) is 14.9. The van der Waals surface area contributed by atoms with Crippen LogP contribution < -0.4 is 5.32 Å².